The number of carbonyl (C=O) groups excluding carboxylic acids is 1. The lowest BCUT2D eigenvalue weighted by atomic mass is 10.1. The molecule has 0 bridgehead atoms. The molecule has 122 valence electrons. The van der Waals surface area contributed by atoms with Gasteiger partial charge in [-0.1, -0.05) is 6.92 Å². The second-order valence-electron chi connectivity index (χ2n) is 6.25. The van der Waals surface area contributed by atoms with Crippen LogP contribution < -0.4 is 10.6 Å². The Morgan fingerprint density at radius 1 is 1.32 bits per heavy atom. The summed E-state index contributed by atoms with van der Waals surface area (Å²) in [6.07, 6.45) is 5.67. The Bertz CT molecular complexity index is 494. The maximum Gasteiger partial charge on any atom is 0.234 e. The van der Waals surface area contributed by atoms with Crippen LogP contribution in [0.1, 0.15) is 32.0 Å². The summed E-state index contributed by atoms with van der Waals surface area (Å²) in [5.41, 5.74) is 0. The lowest BCUT2D eigenvalue weighted by molar-refractivity contribution is -0.121. The summed E-state index contributed by atoms with van der Waals surface area (Å²) >= 11 is 0. The van der Waals surface area contributed by atoms with E-state index in [1.165, 1.54) is 0 Å². The van der Waals surface area contributed by atoms with Crippen LogP contribution in [0.25, 0.3) is 0 Å². The fraction of sp³-hybridized carbons (Fsp3) is 0.800. The molecule has 2 aliphatic rings. The molecule has 1 saturated heterocycles. The highest BCUT2D eigenvalue weighted by atomic mass is 16.2. The third-order valence-corrected chi connectivity index (χ3v) is 4.76. The van der Waals surface area contributed by atoms with Gasteiger partial charge in [-0.15, -0.1) is 0 Å². The van der Waals surface area contributed by atoms with Crippen molar-refractivity contribution in [3.05, 3.63) is 12.2 Å². The monoisotopic (exact) mass is 306 g/mol. The van der Waals surface area contributed by atoms with Crippen molar-refractivity contribution >= 4 is 5.91 Å². The summed E-state index contributed by atoms with van der Waals surface area (Å²) in [6, 6.07) is 0.646. The number of hydrogen-bond donors (Lipinski definition) is 2. The molecule has 1 atom stereocenters. The number of nitrogens with one attached hydrogen (secondary N) is 2. The third kappa shape index (κ3) is 3.84. The van der Waals surface area contributed by atoms with Gasteiger partial charge in [-0.2, -0.15) is 5.10 Å². The summed E-state index contributed by atoms with van der Waals surface area (Å²) in [7, 11) is 0. The Morgan fingerprint density at radius 2 is 2.14 bits per heavy atom. The van der Waals surface area contributed by atoms with Gasteiger partial charge in [0.15, 0.2) is 0 Å². The van der Waals surface area contributed by atoms with Crippen molar-refractivity contribution in [2.24, 2.45) is 0 Å². The molecule has 22 heavy (non-hydrogen) atoms. The minimum Gasteiger partial charge on any atom is -0.352 e. The summed E-state index contributed by atoms with van der Waals surface area (Å²) in [6.45, 7) is 6.67. The lowest BCUT2D eigenvalue weighted by Crippen LogP contribution is -2.48. The first-order chi connectivity index (χ1) is 10.7. The molecule has 1 aromatic rings. The van der Waals surface area contributed by atoms with Crippen LogP contribution in [0.2, 0.25) is 0 Å². The van der Waals surface area contributed by atoms with E-state index in [0.29, 0.717) is 18.6 Å². The van der Waals surface area contributed by atoms with Crippen molar-refractivity contribution in [3.63, 3.8) is 0 Å². The number of carbonyl (C=O) groups is 1. The molecule has 1 fully saturated rings. The van der Waals surface area contributed by atoms with Gasteiger partial charge in [0.25, 0.3) is 0 Å². The number of rotatable bonds is 5. The van der Waals surface area contributed by atoms with Crippen LogP contribution in [-0.2, 0) is 17.8 Å². The van der Waals surface area contributed by atoms with E-state index < -0.39 is 0 Å². The number of piperidine rings is 1. The van der Waals surface area contributed by atoms with Crippen LogP contribution in [0, 0.1) is 0 Å². The number of amides is 1. The summed E-state index contributed by atoms with van der Waals surface area (Å²) in [5.74, 6) is 1.16. The van der Waals surface area contributed by atoms with E-state index in [4.69, 9.17) is 0 Å². The van der Waals surface area contributed by atoms with Gasteiger partial charge in [0.05, 0.1) is 13.1 Å². The average molecular weight is 306 g/mol. The van der Waals surface area contributed by atoms with E-state index in [0.717, 1.165) is 57.7 Å². The molecular formula is C15H26N6O. The van der Waals surface area contributed by atoms with Gasteiger partial charge in [0, 0.05) is 31.6 Å². The van der Waals surface area contributed by atoms with Gasteiger partial charge in [0.2, 0.25) is 5.91 Å². The predicted octanol–water partition coefficient (Wildman–Crippen LogP) is -0.217. The molecule has 7 heteroatoms. The Kier molecular flexibility index (Phi) is 5.04. The van der Waals surface area contributed by atoms with Crippen molar-refractivity contribution < 1.29 is 4.79 Å². The van der Waals surface area contributed by atoms with Gasteiger partial charge in [-0.05, 0) is 25.8 Å². The molecule has 0 saturated carbocycles. The van der Waals surface area contributed by atoms with Gasteiger partial charge in [0.1, 0.15) is 12.2 Å². The molecule has 0 spiro atoms. The van der Waals surface area contributed by atoms with Gasteiger partial charge < -0.3 is 15.5 Å². The molecule has 2 N–H and O–H groups in total. The van der Waals surface area contributed by atoms with Crippen LogP contribution in [0.3, 0.4) is 0 Å². The fourth-order valence-electron chi connectivity index (χ4n) is 3.31. The number of nitrogens with zero attached hydrogens (tertiary/aromatic N) is 4. The van der Waals surface area contributed by atoms with Crippen molar-refractivity contribution in [1.29, 1.82) is 0 Å². The summed E-state index contributed by atoms with van der Waals surface area (Å²) in [4.78, 5) is 18.7. The molecule has 0 unspecified atom stereocenters. The molecule has 3 rings (SSSR count). The normalized spacial score (nSPS) is 23.2. The summed E-state index contributed by atoms with van der Waals surface area (Å²) < 4.78 is 1.93. The topological polar surface area (TPSA) is 75.1 Å². The Morgan fingerprint density at radius 3 is 2.91 bits per heavy atom. The minimum absolute atomic E-state index is 0.110. The summed E-state index contributed by atoms with van der Waals surface area (Å²) in [5, 5.41) is 10.7. The molecule has 0 radical (unpaired) electrons. The first-order valence-corrected chi connectivity index (χ1v) is 8.36. The minimum atomic E-state index is 0.110. The number of aryl methyl sites for hydroxylation is 1. The molecule has 3 heterocycles. The molecule has 1 aromatic heterocycles. The molecule has 0 aliphatic carbocycles. The fourth-order valence-corrected chi connectivity index (χ4v) is 3.31. The molecule has 7 nitrogen and oxygen atoms in total. The van der Waals surface area contributed by atoms with E-state index >= 15 is 0 Å². The van der Waals surface area contributed by atoms with E-state index in [-0.39, 0.29) is 5.91 Å². The van der Waals surface area contributed by atoms with Crippen LogP contribution >= 0.6 is 0 Å². The smallest absolute Gasteiger partial charge is 0.234 e. The van der Waals surface area contributed by atoms with Gasteiger partial charge in [-0.3, -0.25) is 4.79 Å². The zero-order chi connectivity index (χ0) is 15.4. The number of hydrogen-bond acceptors (Lipinski definition) is 5. The van der Waals surface area contributed by atoms with Crippen LogP contribution in [-0.4, -0.2) is 63.8 Å². The van der Waals surface area contributed by atoms with Crippen LogP contribution in [0.15, 0.2) is 6.33 Å². The number of aromatic nitrogens is 3. The van der Waals surface area contributed by atoms with Gasteiger partial charge in [-0.25, -0.2) is 9.67 Å². The number of fused-ring (bicyclic) bond motifs is 1. The largest absolute Gasteiger partial charge is 0.352 e. The first-order valence-electron chi connectivity index (χ1n) is 8.36. The van der Waals surface area contributed by atoms with Crippen molar-refractivity contribution in [1.82, 2.24) is 30.3 Å². The highest BCUT2D eigenvalue weighted by Crippen LogP contribution is 2.11. The average Bonchev–Trinajstić information content (AvgIpc) is 3.01. The van der Waals surface area contributed by atoms with E-state index in [9.17, 15) is 4.79 Å². The van der Waals surface area contributed by atoms with Gasteiger partial charge >= 0.3 is 0 Å². The first kappa shape index (κ1) is 15.4. The van der Waals surface area contributed by atoms with Crippen molar-refractivity contribution in [3.8, 4) is 0 Å². The maximum absolute atomic E-state index is 12.1. The van der Waals surface area contributed by atoms with Crippen molar-refractivity contribution in [2.45, 2.75) is 51.2 Å². The molecule has 1 amide bonds. The maximum atomic E-state index is 12.1. The standard InChI is InChI=1S/C15H26N6O/c1-2-20-7-5-12(6-8-20)19-15(22)9-16-13-3-4-14-17-11-18-21(14)10-13/h11-13,16H,2-10H2,1H3,(H,19,22)/t13-/m1/s1. The Hall–Kier alpha value is -1.47. The zero-order valence-electron chi connectivity index (χ0n) is 13.3. The number of likely N-dealkylation sites (tertiary alicyclic amines) is 1. The quantitative estimate of drug-likeness (QED) is 0.787. The lowest BCUT2D eigenvalue weighted by Gasteiger charge is -2.31. The SMILES string of the molecule is CCN1CCC(NC(=O)CN[C@@H]2CCc3ncnn3C2)CC1. The second-order valence-corrected chi connectivity index (χ2v) is 6.25. The van der Waals surface area contributed by atoms with E-state index in [1.54, 1.807) is 6.33 Å². The van der Waals surface area contributed by atoms with Crippen LogP contribution in [0.5, 0.6) is 0 Å². The van der Waals surface area contributed by atoms with Crippen LogP contribution in [0.4, 0.5) is 0 Å². The molecule has 0 aromatic carbocycles. The van der Waals surface area contributed by atoms with Crippen molar-refractivity contribution in [2.75, 3.05) is 26.2 Å². The second kappa shape index (κ2) is 7.19. The highest BCUT2D eigenvalue weighted by molar-refractivity contribution is 5.78. The molecule has 2 aliphatic heterocycles. The van der Waals surface area contributed by atoms with E-state index in [2.05, 4.69) is 32.5 Å². The predicted molar refractivity (Wildman–Crippen MR) is 83.4 cm³/mol. The highest BCUT2D eigenvalue weighted by Gasteiger charge is 2.22. The molecular weight excluding hydrogens is 280 g/mol. The zero-order valence-corrected chi connectivity index (χ0v) is 13.3. The Balaban J connectivity index is 1.36. The Labute approximate surface area is 131 Å². The van der Waals surface area contributed by atoms with E-state index in [1.807, 2.05) is 4.68 Å². The third-order valence-electron chi connectivity index (χ3n) is 4.76.